The fourth-order valence-electron chi connectivity index (χ4n) is 3.45. The molecule has 164 valence electrons. The van der Waals surface area contributed by atoms with Crippen molar-refractivity contribution < 1.29 is 14.7 Å². The zero-order chi connectivity index (χ0) is 22.9. The van der Waals surface area contributed by atoms with Crippen LogP contribution in [0.3, 0.4) is 0 Å². The third-order valence-corrected chi connectivity index (χ3v) is 5.85. The van der Waals surface area contributed by atoms with Gasteiger partial charge in [-0.2, -0.15) is 11.8 Å². The summed E-state index contributed by atoms with van der Waals surface area (Å²) in [6.07, 6.45) is 6.33. The van der Waals surface area contributed by atoms with Crippen LogP contribution in [0, 0.1) is 6.92 Å². The van der Waals surface area contributed by atoms with Gasteiger partial charge in [-0.25, -0.2) is 4.79 Å². The molecule has 0 heterocycles. The molecule has 0 radical (unpaired) electrons. The first kappa shape index (κ1) is 23.4. The molecule has 0 fully saturated rings. The minimum Gasteiger partial charge on any atom is -0.480 e. The molecule has 5 heteroatoms. The van der Waals surface area contributed by atoms with Crippen molar-refractivity contribution in [1.29, 1.82) is 0 Å². The molecule has 0 spiro atoms. The number of aliphatic carboxylic acids is 1. The fraction of sp³-hybridized carbons (Fsp3) is 0.185. The molecular formula is C27H27NO3S. The van der Waals surface area contributed by atoms with E-state index >= 15 is 0 Å². The molecule has 3 aromatic rings. The van der Waals surface area contributed by atoms with Gasteiger partial charge in [0.15, 0.2) is 0 Å². The van der Waals surface area contributed by atoms with Crippen molar-refractivity contribution in [3.8, 4) is 11.1 Å². The lowest BCUT2D eigenvalue weighted by atomic mass is 9.93. The normalized spacial score (nSPS) is 11.9. The number of carboxylic acid groups (broad SMARTS) is 1. The van der Waals surface area contributed by atoms with Gasteiger partial charge < -0.3 is 10.4 Å². The van der Waals surface area contributed by atoms with Gasteiger partial charge in [-0.3, -0.25) is 4.79 Å². The first-order valence-corrected chi connectivity index (χ1v) is 11.8. The number of amides is 1. The highest BCUT2D eigenvalue weighted by atomic mass is 32.2. The average Bonchev–Trinajstić information content (AvgIpc) is 2.81. The van der Waals surface area contributed by atoms with Crippen LogP contribution in [0.2, 0.25) is 0 Å². The highest BCUT2D eigenvalue weighted by Crippen LogP contribution is 2.29. The Kier molecular flexibility index (Phi) is 8.28. The highest BCUT2D eigenvalue weighted by Gasteiger charge is 2.22. The Morgan fingerprint density at radius 3 is 2.31 bits per heavy atom. The van der Waals surface area contributed by atoms with E-state index in [0.717, 1.165) is 27.8 Å². The number of aryl methyl sites for hydroxylation is 1. The summed E-state index contributed by atoms with van der Waals surface area (Å²) < 4.78 is 0. The van der Waals surface area contributed by atoms with Crippen LogP contribution < -0.4 is 5.32 Å². The summed E-state index contributed by atoms with van der Waals surface area (Å²) in [5.74, 6) is -0.743. The van der Waals surface area contributed by atoms with Crippen LogP contribution in [0.15, 0.2) is 72.8 Å². The second kappa shape index (κ2) is 11.3. The number of rotatable bonds is 9. The van der Waals surface area contributed by atoms with Crippen LogP contribution in [0.4, 0.5) is 0 Å². The molecule has 0 aromatic heterocycles. The molecule has 0 saturated heterocycles. The minimum absolute atomic E-state index is 0.375. The van der Waals surface area contributed by atoms with Crippen LogP contribution in [-0.2, 0) is 4.79 Å². The van der Waals surface area contributed by atoms with Gasteiger partial charge in [0, 0.05) is 5.56 Å². The zero-order valence-corrected chi connectivity index (χ0v) is 19.1. The van der Waals surface area contributed by atoms with E-state index in [4.69, 9.17) is 0 Å². The summed E-state index contributed by atoms with van der Waals surface area (Å²) >= 11 is 1.56. The Morgan fingerprint density at radius 1 is 0.938 bits per heavy atom. The number of hydrogen-bond donors (Lipinski definition) is 2. The van der Waals surface area contributed by atoms with E-state index in [-0.39, 0.29) is 5.91 Å². The number of carbonyl (C=O) groups excluding carboxylic acids is 1. The van der Waals surface area contributed by atoms with Crippen molar-refractivity contribution >= 4 is 35.8 Å². The summed E-state index contributed by atoms with van der Waals surface area (Å²) in [5.41, 5.74) is 5.29. The van der Waals surface area contributed by atoms with Gasteiger partial charge in [0.05, 0.1) is 0 Å². The Bertz CT molecular complexity index is 1110. The molecule has 2 N–H and O–H groups in total. The summed E-state index contributed by atoms with van der Waals surface area (Å²) in [6.45, 7) is 2.00. The van der Waals surface area contributed by atoms with Crippen LogP contribution in [0.1, 0.15) is 33.5 Å². The maximum Gasteiger partial charge on any atom is 0.326 e. The summed E-state index contributed by atoms with van der Waals surface area (Å²) in [7, 11) is 0. The number of benzene rings is 3. The molecule has 0 saturated carbocycles. The van der Waals surface area contributed by atoms with Crippen molar-refractivity contribution in [2.24, 2.45) is 0 Å². The molecule has 1 amide bonds. The van der Waals surface area contributed by atoms with Crippen LogP contribution in [-0.4, -0.2) is 35.0 Å². The van der Waals surface area contributed by atoms with Crippen LogP contribution in [0.25, 0.3) is 23.3 Å². The van der Waals surface area contributed by atoms with Crippen LogP contribution in [0.5, 0.6) is 0 Å². The molecule has 1 atom stereocenters. The Balaban J connectivity index is 1.98. The summed E-state index contributed by atoms with van der Waals surface area (Å²) in [6, 6.07) is 22.6. The SMILES string of the molecule is CSCC[C@H](NC(=O)c1ccc(/C=C/c2ccccc2)cc1-c1ccccc1C)C(=O)O. The zero-order valence-electron chi connectivity index (χ0n) is 18.2. The highest BCUT2D eigenvalue weighted by molar-refractivity contribution is 7.98. The van der Waals surface area contributed by atoms with E-state index in [1.165, 1.54) is 0 Å². The number of nitrogens with one attached hydrogen (secondary N) is 1. The van der Waals surface area contributed by atoms with Gasteiger partial charge in [-0.1, -0.05) is 72.8 Å². The lowest BCUT2D eigenvalue weighted by Gasteiger charge is -2.17. The number of carbonyl (C=O) groups is 2. The second-order valence-electron chi connectivity index (χ2n) is 7.51. The Hall–Kier alpha value is -3.31. The molecule has 0 aliphatic carbocycles. The van der Waals surface area contributed by atoms with E-state index < -0.39 is 12.0 Å². The summed E-state index contributed by atoms with van der Waals surface area (Å²) in [5, 5.41) is 12.2. The molecule has 0 bridgehead atoms. The van der Waals surface area contributed by atoms with Gasteiger partial charge in [0.2, 0.25) is 0 Å². The predicted molar refractivity (Wildman–Crippen MR) is 134 cm³/mol. The first-order chi connectivity index (χ1) is 15.5. The van der Waals surface area contributed by atoms with E-state index in [1.807, 2.05) is 92.1 Å². The summed E-state index contributed by atoms with van der Waals surface area (Å²) in [4.78, 5) is 24.7. The maximum atomic E-state index is 13.1. The van der Waals surface area contributed by atoms with E-state index in [9.17, 15) is 14.7 Å². The predicted octanol–water partition coefficient (Wildman–Crippen LogP) is 5.77. The third-order valence-electron chi connectivity index (χ3n) is 5.21. The molecule has 32 heavy (non-hydrogen) atoms. The monoisotopic (exact) mass is 445 g/mol. The van der Waals surface area contributed by atoms with E-state index in [1.54, 1.807) is 17.8 Å². The lowest BCUT2D eigenvalue weighted by Crippen LogP contribution is -2.41. The van der Waals surface area contributed by atoms with E-state index in [0.29, 0.717) is 17.7 Å². The van der Waals surface area contributed by atoms with Crippen molar-refractivity contribution in [2.45, 2.75) is 19.4 Å². The molecule has 0 aliphatic heterocycles. The average molecular weight is 446 g/mol. The van der Waals surface area contributed by atoms with Crippen molar-refractivity contribution in [2.75, 3.05) is 12.0 Å². The quantitative estimate of drug-likeness (QED) is 0.411. The maximum absolute atomic E-state index is 13.1. The molecular weight excluding hydrogens is 418 g/mol. The van der Waals surface area contributed by atoms with Gasteiger partial charge in [0.1, 0.15) is 6.04 Å². The lowest BCUT2D eigenvalue weighted by molar-refractivity contribution is -0.139. The molecule has 0 unspecified atom stereocenters. The van der Waals surface area contributed by atoms with Crippen molar-refractivity contribution in [1.82, 2.24) is 5.32 Å². The number of hydrogen-bond acceptors (Lipinski definition) is 3. The fourth-order valence-corrected chi connectivity index (χ4v) is 3.92. The number of carboxylic acids is 1. The van der Waals surface area contributed by atoms with Crippen LogP contribution >= 0.6 is 11.8 Å². The molecule has 3 rings (SSSR count). The minimum atomic E-state index is -1.02. The second-order valence-corrected chi connectivity index (χ2v) is 8.50. The standard InChI is InChI=1S/C27H27NO3S/c1-19-8-6-7-11-22(19)24-18-21(13-12-20-9-4-3-5-10-20)14-15-23(24)26(29)28-25(27(30)31)16-17-32-2/h3-15,18,25H,16-17H2,1-2H3,(H,28,29)(H,30,31)/b13-12+/t25-/m0/s1. The van der Waals surface area contributed by atoms with E-state index in [2.05, 4.69) is 5.32 Å². The third kappa shape index (κ3) is 6.11. The van der Waals surface area contributed by atoms with Gasteiger partial charge in [-0.15, -0.1) is 0 Å². The molecule has 4 nitrogen and oxygen atoms in total. The van der Waals surface area contributed by atoms with Gasteiger partial charge in [-0.05, 0) is 65.3 Å². The molecule has 0 aliphatic rings. The topological polar surface area (TPSA) is 66.4 Å². The Labute approximate surface area is 193 Å². The molecule has 3 aromatic carbocycles. The Morgan fingerprint density at radius 2 is 1.62 bits per heavy atom. The largest absolute Gasteiger partial charge is 0.480 e. The smallest absolute Gasteiger partial charge is 0.326 e. The van der Waals surface area contributed by atoms with Crippen molar-refractivity contribution in [3.05, 3.63) is 95.1 Å². The first-order valence-electron chi connectivity index (χ1n) is 10.5. The van der Waals surface area contributed by atoms with Gasteiger partial charge in [0.25, 0.3) is 5.91 Å². The van der Waals surface area contributed by atoms with Crippen molar-refractivity contribution in [3.63, 3.8) is 0 Å². The van der Waals surface area contributed by atoms with Gasteiger partial charge >= 0.3 is 5.97 Å². The number of thioether (sulfide) groups is 1.